The minimum absolute atomic E-state index is 0.226. The number of amides is 1. The van der Waals surface area contributed by atoms with Crippen molar-refractivity contribution in [3.63, 3.8) is 0 Å². The van der Waals surface area contributed by atoms with Gasteiger partial charge in [-0.15, -0.1) is 0 Å². The second kappa shape index (κ2) is 7.51. The van der Waals surface area contributed by atoms with Crippen molar-refractivity contribution in [3.8, 4) is 5.69 Å². The van der Waals surface area contributed by atoms with E-state index in [0.717, 1.165) is 17.7 Å². The molecule has 0 fully saturated rings. The Balaban J connectivity index is 1.56. The van der Waals surface area contributed by atoms with E-state index in [0.29, 0.717) is 17.1 Å². The van der Waals surface area contributed by atoms with Crippen molar-refractivity contribution in [2.75, 3.05) is 6.54 Å². The Kier molecular flexibility index (Phi) is 5.18. The van der Waals surface area contributed by atoms with Crippen LogP contribution in [0.5, 0.6) is 0 Å². The van der Waals surface area contributed by atoms with E-state index in [1.54, 1.807) is 29.1 Å². The molecule has 122 valence electrons. The number of rotatable bonds is 5. The molecule has 4 nitrogen and oxygen atoms in total. The number of hydrogen-bond acceptors (Lipinski definition) is 2. The summed E-state index contributed by atoms with van der Waals surface area (Å²) in [6.45, 7) is 0.517. The third-order valence-corrected chi connectivity index (χ3v) is 4.42. The molecule has 6 heteroatoms. The van der Waals surface area contributed by atoms with Crippen molar-refractivity contribution >= 4 is 29.1 Å². The summed E-state index contributed by atoms with van der Waals surface area (Å²) >= 11 is 12.0. The molecule has 2 aromatic carbocycles. The van der Waals surface area contributed by atoms with Gasteiger partial charge in [0, 0.05) is 18.9 Å². The van der Waals surface area contributed by atoms with Crippen LogP contribution < -0.4 is 5.32 Å². The van der Waals surface area contributed by atoms with Crippen LogP contribution in [0.15, 0.2) is 60.9 Å². The molecule has 0 aliphatic heterocycles. The predicted octanol–water partition coefficient (Wildman–Crippen LogP) is 4.15. The van der Waals surface area contributed by atoms with Crippen molar-refractivity contribution in [1.82, 2.24) is 15.1 Å². The average molecular weight is 360 g/mol. The fourth-order valence-corrected chi connectivity index (χ4v) is 2.72. The van der Waals surface area contributed by atoms with Crippen LogP contribution in [-0.4, -0.2) is 22.2 Å². The zero-order valence-corrected chi connectivity index (χ0v) is 14.3. The molecule has 1 N–H and O–H groups in total. The van der Waals surface area contributed by atoms with Crippen molar-refractivity contribution in [2.45, 2.75) is 6.42 Å². The summed E-state index contributed by atoms with van der Waals surface area (Å²) in [7, 11) is 0. The zero-order valence-electron chi connectivity index (χ0n) is 12.7. The summed E-state index contributed by atoms with van der Waals surface area (Å²) in [6, 6.07) is 14.9. The fourth-order valence-electron chi connectivity index (χ4n) is 2.33. The number of nitrogens with one attached hydrogen (secondary N) is 1. The number of halogens is 2. The maximum Gasteiger partial charge on any atom is 0.252 e. The van der Waals surface area contributed by atoms with Gasteiger partial charge in [-0.05, 0) is 42.3 Å². The summed E-state index contributed by atoms with van der Waals surface area (Å²) in [4.78, 5) is 12.2. The second-order valence-electron chi connectivity index (χ2n) is 5.22. The van der Waals surface area contributed by atoms with Gasteiger partial charge < -0.3 is 5.32 Å². The van der Waals surface area contributed by atoms with Crippen molar-refractivity contribution in [2.24, 2.45) is 0 Å². The number of hydrogen-bond donors (Lipinski definition) is 1. The first-order valence-corrected chi connectivity index (χ1v) is 8.22. The Labute approximate surface area is 150 Å². The number of benzene rings is 2. The molecule has 0 radical (unpaired) electrons. The normalized spacial score (nSPS) is 10.6. The molecule has 0 atom stereocenters. The van der Waals surface area contributed by atoms with Gasteiger partial charge in [0.15, 0.2) is 0 Å². The van der Waals surface area contributed by atoms with Gasteiger partial charge in [0.25, 0.3) is 5.91 Å². The first-order chi connectivity index (χ1) is 11.6. The first kappa shape index (κ1) is 16.6. The Morgan fingerprint density at radius 3 is 2.58 bits per heavy atom. The maximum absolute atomic E-state index is 12.2. The number of carbonyl (C=O) groups excluding carboxylic acids is 1. The minimum Gasteiger partial charge on any atom is -0.352 e. The molecule has 0 bridgehead atoms. The van der Waals surface area contributed by atoms with Crippen LogP contribution in [0, 0.1) is 0 Å². The molecule has 3 rings (SSSR count). The zero-order chi connectivity index (χ0) is 16.9. The lowest BCUT2D eigenvalue weighted by Crippen LogP contribution is -2.26. The molecule has 24 heavy (non-hydrogen) atoms. The van der Waals surface area contributed by atoms with Crippen LogP contribution in [0.1, 0.15) is 15.9 Å². The lowest BCUT2D eigenvalue weighted by molar-refractivity contribution is 0.0954. The molecule has 0 aliphatic rings. The first-order valence-electron chi connectivity index (χ1n) is 7.46. The molecule has 1 heterocycles. The highest BCUT2D eigenvalue weighted by molar-refractivity contribution is 6.43. The summed E-state index contributed by atoms with van der Waals surface area (Å²) < 4.78 is 1.80. The lowest BCUT2D eigenvalue weighted by atomic mass is 10.1. The van der Waals surface area contributed by atoms with E-state index in [4.69, 9.17) is 23.2 Å². The average Bonchev–Trinajstić information content (AvgIpc) is 3.12. The van der Waals surface area contributed by atoms with E-state index in [9.17, 15) is 4.79 Å². The highest BCUT2D eigenvalue weighted by atomic mass is 35.5. The smallest absolute Gasteiger partial charge is 0.252 e. The van der Waals surface area contributed by atoms with Gasteiger partial charge in [-0.25, -0.2) is 4.68 Å². The van der Waals surface area contributed by atoms with E-state index in [1.807, 2.05) is 36.5 Å². The highest BCUT2D eigenvalue weighted by Gasteiger charge is 2.11. The Hall–Kier alpha value is -2.30. The van der Waals surface area contributed by atoms with E-state index < -0.39 is 0 Å². The van der Waals surface area contributed by atoms with Gasteiger partial charge in [0.2, 0.25) is 0 Å². The Morgan fingerprint density at radius 1 is 1.08 bits per heavy atom. The number of carbonyl (C=O) groups is 1. The molecule has 1 amide bonds. The quantitative estimate of drug-likeness (QED) is 0.743. The maximum atomic E-state index is 12.2. The van der Waals surface area contributed by atoms with Gasteiger partial charge in [-0.1, -0.05) is 41.4 Å². The third-order valence-electron chi connectivity index (χ3n) is 3.60. The number of aromatic nitrogens is 2. The molecule has 0 saturated heterocycles. The van der Waals surface area contributed by atoms with E-state index in [1.165, 1.54) is 0 Å². The SMILES string of the molecule is O=C(NCCc1ccc(-n2cccn2)cc1)c1cccc(Cl)c1Cl. The van der Waals surface area contributed by atoms with Crippen molar-refractivity contribution < 1.29 is 4.79 Å². The molecule has 0 aliphatic carbocycles. The molecular formula is C18H15Cl2N3O. The second-order valence-corrected chi connectivity index (χ2v) is 6.01. The van der Waals surface area contributed by atoms with E-state index in [-0.39, 0.29) is 10.9 Å². The summed E-state index contributed by atoms with van der Waals surface area (Å²) in [5, 5.41) is 7.70. The monoisotopic (exact) mass is 359 g/mol. The molecule has 0 spiro atoms. The topological polar surface area (TPSA) is 46.9 Å². The summed E-state index contributed by atoms with van der Waals surface area (Å²) in [6.07, 6.45) is 4.36. The third kappa shape index (κ3) is 3.78. The van der Waals surface area contributed by atoms with E-state index in [2.05, 4.69) is 10.4 Å². The number of nitrogens with zero attached hydrogens (tertiary/aromatic N) is 2. The standard InChI is InChI=1S/C18H15Cl2N3O/c19-16-4-1-3-15(17(16)20)18(24)21-11-9-13-5-7-14(8-6-13)23-12-2-10-22-23/h1-8,10,12H,9,11H2,(H,21,24). The minimum atomic E-state index is -0.226. The Bertz CT molecular complexity index is 830. The molecule has 0 unspecified atom stereocenters. The molecule has 3 aromatic rings. The van der Waals surface area contributed by atoms with E-state index >= 15 is 0 Å². The molecule has 0 saturated carbocycles. The highest BCUT2D eigenvalue weighted by Crippen LogP contribution is 2.25. The summed E-state index contributed by atoms with van der Waals surface area (Å²) in [5.41, 5.74) is 2.51. The molecular weight excluding hydrogens is 345 g/mol. The predicted molar refractivity (Wildman–Crippen MR) is 96.1 cm³/mol. The van der Waals surface area contributed by atoms with Crippen LogP contribution in [0.4, 0.5) is 0 Å². The van der Waals surface area contributed by atoms with Gasteiger partial charge in [0.1, 0.15) is 0 Å². The fraction of sp³-hybridized carbons (Fsp3) is 0.111. The molecule has 1 aromatic heterocycles. The van der Waals surface area contributed by atoms with Crippen LogP contribution >= 0.6 is 23.2 Å². The van der Waals surface area contributed by atoms with Crippen molar-refractivity contribution in [1.29, 1.82) is 0 Å². The van der Waals surface area contributed by atoms with Crippen LogP contribution in [0.3, 0.4) is 0 Å². The van der Waals surface area contributed by atoms with Gasteiger partial charge in [-0.2, -0.15) is 5.10 Å². The Morgan fingerprint density at radius 2 is 1.88 bits per heavy atom. The van der Waals surface area contributed by atoms with Gasteiger partial charge in [-0.3, -0.25) is 4.79 Å². The summed E-state index contributed by atoms with van der Waals surface area (Å²) in [5.74, 6) is -0.226. The van der Waals surface area contributed by atoms with Gasteiger partial charge in [0.05, 0.1) is 21.3 Å². The van der Waals surface area contributed by atoms with Crippen LogP contribution in [0.2, 0.25) is 10.0 Å². The van der Waals surface area contributed by atoms with Crippen LogP contribution in [0.25, 0.3) is 5.69 Å². The van der Waals surface area contributed by atoms with Crippen molar-refractivity contribution in [3.05, 3.63) is 82.1 Å². The van der Waals surface area contributed by atoms with Gasteiger partial charge >= 0.3 is 0 Å². The lowest BCUT2D eigenvalue weighted by Gasteiger charge is -2.08. The van der Waals surface area contributed by atoms with Crippen LogP contribution in [-0.2, 0) is 6.42 Å². The largest absolute Gasteiger partial charge is 0.352 e.